The Kier molecular flexibility index (Phi) is 9.29. The second-order valence-electron chi connectivity index (χ2n) is 11.9. The highest BCUT2D eigenvalue weighted by atomic mass is 19.4. The molecule has 1 aliphatic heterocycles. The second-order valence-corrected chi connectivity index (χ2v) is 11.9. The number of piperazine rings is 1. The minimum Gasteiger partial charge on any atom is -0.337 e. The predicted molar refractivity (Wildman–Crippen MR) is 147 cm³/mol. The number of halogens is 3. The minimum atomic E-state index is -4.40. The van der Waals surface area contributed by atoms with Crippen LogP contribution in [0.3, 0.4) is 0 Å². The maximum Gasteiger partial charge on any atom is 0.416 e. The van der Waals surface area contributed by atoms with E-state index in [1.165, 1.54) is 24.1 Å². The highest BCUT2D eigenvalue weighted by Crippen LogP contribution is 2.59. The van der Waals surface area contributed by atoms with Gasteiger partial charge in [0.05, 0.1) is 5.56 Å². The Labute approximate surface area is 230 Å². The summed E-state index contributed by atoms with van der Waals surface area (Å²) in [4.78, 5) is 31.9. The van der Waals surface area contributed by atoms with Gasteiger partial charge in [0, 0.05) is 57.9 Å². The molecule has 2 atom stereocenters. The number of rotatable bonds is 10. The van der Waals surface area contributed by atoms with Crippen LogP contribution in [0.4, 0.5) is 23.7 Å². The molecule has 1 aromatic rings. The first kappa shape index (κ1) is 29.4. The summed E-state index contributed by atoms with van der Waals surface area (Å²) in [6.07, 6.45) is 4.01. The van der Waals surface area contributed by atoms with Gasteiger partial charge in [-0.3, -0.25) is 9.69 Å². The van der Waals surface area contributed by atoms with Crippen molar-refractivity contribution in [3.8, 4) is 0 Å². The molecule has 3 aliphatic carbocycles. The lowest BCUT2D eigenvalue weighted by Crippen LogP contribution is -2.52. The van der Waals surface area contributed by atoms with Crippen LogP contribution in [0.15, 0.2) is 35.9 Å². The molecule has 9 heteroatoms. The Hall–Kier alpha value is -2.55. The molecule has 3 amide bonds. The number of anilines is 1. The van der Waals surface area contributed by atoms with Crippen molar-refractivity contribution in [1.82, 2.24) is 14.7 Å². The molecule has 1 N–H and O–H groups in total. The summed E-state index contributed by atoms with van der Waals surface area (Å²) in [5.74, 6) is 1.58. The molecule has 1 heterocycles. The van der Waals surface area contributed by atoms with E-state index in [2.05, 4.69) is 42.0 Å². The number of allylic oxidation sites excluding steroid dienone is 1. The minimum absolute atomic E-state index is 0.234. The summed E-state index contributed by atoms with van der Waals surface area (Å²) in [6.45, 7) is 11.5. The van der Waals surface area contributed by atoms with Crippen LogP contribution in [0.2, 0.25) is 0 Å². The average molecular weight is 549 g/mol. The van der Waals surface area contributed by atoms with Crippen LogP contribution in [-0.2, 0) is 11.0 Å². The molecule has 2 fully saturated rings. The van der Waals surface area contributed by atoms with Gasteiger partial charge in [-0.1, -0.05) is 45.3 Å². The summed E-state index contributed by atoms with van der Waals surface area (Å²) in [6, 6.07) is 4.17. The maximum absolute atomic E-state index is 13.2. The van der Waals surface area contributed by atoms with Gasteiger partial charge in [0.2, 0.25) is 5.91 Å². The zero-order chi connectivity index (χ0) is 28.2. The highest BCUT2D eigenvalue weighted by Gasteiger charge is 2.51. The number of urea groups is 1. The Bertz CT molecular complexity index is 1030. The van der Waals surface area contributed by atoms with E-state index in [1.54, 1.807) is 4.90 Å². The average Bonchev–Trinajstić information content (AvgIpc) is 2.91. The SMILES string of the molecule is CCCCCC(=O)N(CCN1CCN(C(=O)Nc2ccc(C(F)(F)F)cc2)CC1)CC1=CCC2CC1C2(C)C. The molecule has 2 bridgehead atoms. The fraction of sp³-hybridized carbons (Fsp3) is 0.667. The quantitative estimate of drug-likeness (QED) is 0.278. The molecule has 5 rings (SSSR count). The fourth-order valence-corrected chi connectivity index (χ4v) is 6.23. The highest BCUT2D eigenvalue weighted by molar-refractivity contribution is 5.89. The van der Waals surface area contributed by atoms with Crippen LogP contribution in [0.25, 0.3) is 0 Å². The third kappa shape index (κ3) is 7.16. The van der Waals surface area contributed by atoms with Crippen LogP contribution >= 0.6 is 0 Å². The molecule has 2 unspecified atom stereocenters. The van der Waals surface area contributed by atoms with Crippen molar-refractivity contribution in [3.05, 3.63) is 41.5 Å². The Balaban J connectivity index is 1.26. The number of hydrogen-bond donors (Lipinski definition) is 1. The van der Waals surface area contributed by atoms with E-state index in [4.69, 9.17) is 0 Å². The summed E-state index contributed by atoms with van der Waals surface area (Å²) < 4.78 is 38.3. The van der Waals surface area contributed by atoms with Gasteiger partial charge in [-0.2, -0.15) is 13.2 Å². The zero-order valence-electron chi connectivity index (χ0n) is 23.5. The first-order chi connectivity index (χ1) is 18.5. The number of unbranched alkanes of at least 4 members (excludes halogenated alkanes) is 2. The van der Waals surface area contributed by atoms with Crippen molar-refractivity contribution in [3.63, 3.8) is 0 Å². The van der Waals surface area contributed by atoms with Gasteiger partial charge in [0.25, 0.3) is 0 Å². The van der Waals surface area contributed by atoms with E-state index in [-0.39, 0.29) is 11.9 Å². The molecule has 1 saturated carbocycles. The topological polar surface area (TPSA) is 55.9 Å². The zero-order valence-corrected chi connectivity index (χ0v) is 23.5. The van der Waals surface area contributed by atoms with E-state index in [0.717, 1.165) is 56.8 Å². The smallest absolute Gasteiger partial charge is 0.337 e. The molecule has 0 aromatic heterocycles. The third-order valence-corrected chi connectivity index (χ3v) is 9.11. The van der Waals surface area contributed by atoms with Crippen LogP contribution in [0.5, 0.6) is 0 Å². The van der Waals surface area contributed by atoms with Crippen molar-refractivity contribution < 1.29 is 22.8 Å². The normalized spacial score (nSPS) is 22.6. The van der Waals surface area contributed by atoms with Crippen LogP contribution < -0.4 is 5.32 Å². The number of benzene rings is 1. The van der Waals surface area contributed by atoms with Crippen molar-refractivity contribution >= 4 is 17.6 Å². The third-order valence-electron chi connectivity index (χ3n) is 9.11. The Morgan fingerprint density at radius 3 is 2.36 bits per heavy atom. The first-order valence-corrected chi connectivity index (χ1v) is 14.4. The van der Waals surface area contributed by atoms with E-state index in [1.807, 2.05) is 0 Å². The van der Waals surface area contributed by atoms with Crippen molar-refractivity contribution in [1.29, 1.82) is 0 Å². The van der Waals surface area contributed by atoms with Gasteiger partial charge >= 0.3 is 12.2 Å². The Morgan fingerprint density at radius 1 is 1.08 bits per heavy atom. The number of nitrogens with one attached hydrogen (secondary N) is 1. The van der Waals surface area contributed by atoms with Crippen molar-refractivity contribution in [2.24, 2.45) is 17.3 Å². The van der Waals surface area contributed by atoms with Gasteiger partial charge in [0.1, 0.15) is 0 Å². The summed E-state index contributed by atoms with van der Waals surface area (Å²) in [5.41, 5.74) is 1.35. The molecule has 39 heavy (non-hydrogen) atoms. The van der Waals surface area contributed by atoms with Gasteiger partial charge in [-0.25, -0.2) is 4.79 Å². The number of fused-ring (bicyclic) bond motifs is 1. The predicted octanol–water partition coefficient (Wildman–Crippen LogP) is 6.26. The van der Waals surface area contributed by atoms with Gasteiger partial charge in [0.15, 0.2) is 0 Å². The number of hydrogen-bond acceptors (Lipinski definition) is 3. The molecule has 6 nitrogen and oxygen atoms in total. The lowest BCUT2D eigenvalue weighted by Gasteiger charge is -2.57. The molecular formula is C30H43F3N4O2. The van der Waals surface area contributed by atoms with Crippen molar-refractivity contribution in [2.45, 2.75) is 65.5 Å². The van der Waals surface area contributed by atoms with E-state index < -0.39 is 11.7 Å². The van der Waals surface area contributed by atoms with Crippen LogP contribution in [0, 0.1) is 17.3 Å². The molecular weight excluding hydrogens is 505 g/mol. The molecule has 1 saturated heterocycles. The maximum atomic E-state index is 13.2. The lowest BCUT2D eigenvalue weighted by atomic mass is 9.49. The standard InChI is InChI=1S/C30H43F3N4O2/c1-4-5-6-7-27(38)37(21-22-8-9-24-20-26(22)29(24,2)3)19-16-35-14-17-36(18-15-35)28(39)34-25-12-10-23(11-13-25)30(31,32)33/h8,10-13,24,26H,4-7,9,14-21H2,1-3H3,(H,34,39). The Morgan fingerprint density at radius 2 is 1.77 bits per heavy atom. The molecule has 0 spiro atoms. The van der Waals surface area contributed by atoms with Crippen LogP contribution in [0.1, 0.15) is 64.9 Å². The fourth-order valence-electron chi connectivity index (χ4n) is 6.23. The molecule has 216 valence electrons. The number of carbonyl (C=O) groups is 2. The second kappa shape index (κ2) is 12.3. The molecule has 0 radical (unpaired) electrons. The summed E-state index contributed by atoms with van der Waals surface area (Å²) >= 11 is 0. The lowest BCUT2D eigenvalue weighted by molar-refractivity contribution is -0.137. The van der Waals surface area contributed by atoms with E-state index in [0.29, 0.717) is 56.2 Å². The molecule has 4 aliphatic rings. The molecule has 1 aromatic carbocycles. The van der Waals surface area contributed by atoms with E-state index in [9.17, 15) is 22.8 Å². The first-order valence-electron chi connectivity index (χ1n) is 14.4. The summed E-state index contributed by atoms with van der Waals surface area (Å²) in [7, 11) is 0. The van der Waals surface area contributed by atoms with Gasteiger partial charge < -0.3 is 15.1 Å². The number of amides is 3. The van der Waals surface area contributed by atoms with Crippen molar-refractivity contribution in [2.75, 3.05) is 51.1 Å². The summed E-state index contributed by atoms with van der Waals surface area (Å²) in [5, 5.41) is 2.70. The van der Waals surface area contributed by atoms with Crippen LogP contribution in [-0.4, -0.2) is 72.5 Å². The van der Waals surface area contributed by atoms with Gasteiger partial charge in [-0.15, -0.1) is 0 Å². The number of carbonyl (C=O) groups excluding carboxylic acids is 2. The number of nitrogens with zero attached hydrogens (tertiary/aromatic N) is 3. The largest absolute Gasteiger partial charge is 0.416 e. The number of alkyl halides is 3. The monoisotopic (exact) mass is 548 g/mol. The van der Waals surface area contributed by atoms with E-state index >= 15 is 0 Å². The van der Waals surface area contributed by atoms with Gasteiger partial charge in [-0.05, 0) is 60.8 Å².